The lowest BCUT2D eigenvalue weighted by atomic mass is 10.1. The number of rotatable bonds is 5. The molecule has 1 heterocycles. The molecule has 0 aliphatic heterocycles. The summed E-state index contributed by atoms with van der Waals surface area (Å²) >= 11 is 9.32. The fourth-order valence-electron chi connectivity index (χ4n) is 2.92. The number of nitrogens with one attached hydrogen (secondary N) is 1. The van der Waals surface area contributed by atoms with Crippen molar-refractivity contribution in [2.45, 2.75) is 6.42 Å². The zero-order valence-corrected chi connectivity index (χ0v) is 17.8. The minimum Gasteiger partial charge on any atom is -0.496 e. The summed E-state index contributed by atoms with van der Waals surface area (Å²) < 4.78 is 11.7. The number of methoxy groups -OCH3 is 1. The molecule has 1 aromatic heterocycles. The van der Waals surface area contributed by atoms with Gasteiger partial charge in [-0.3, -0.25) is 4.79 Å². The Morgan fingerprint density at radius 3 is 2.66 bits per heavy atom. The van der Waals surface area contributed by atoms with Crippen LogP contribution in [-0.4, -0.2) is 18.0 Å². The van der Waals surface area contributed by atoms with Crippen molar-refractivity contribution in [1.82, 2.24) is 4.98 Å². The van der Waals surface area contributed by atoms with Crippen molar-refractivity contribution < 1.29 is 13.9 Å². The molecule has 0 radical (unpaired) electrons. The smallest absolute Gasteiger partial charge is 0.255 e. The molecule has 0 saturated heterocycles. The maximum Gasteiger partial charge on any atom is 0.255 e. The number of hydrogen-bond acceptors (Lipinski definition) is 4. The van der Waals surface area contributed by atoms with Crippen molar-refractivity contribution in [2.75, 3.05) is 12.4 Å². The summed E-state index contributed by atoms with van der Waals surface area (Å²) in [6.07, 6.45) is 0.563. The zero-order chi connectivity index (χ0) is 20.4. The number of carbonyl (C=O) groups excluding carboxylic acids is 1. The van der Waals surface area contributed by atoms with E-state index in [0.29, 0.717) is 49.9 Å². The first-order valence-electron chi connectivity index (χ1n) is 8.80. The maximum atomic E-state index is 12.5. The molecule has 146 valence electrons. The van der Waals surface area contributed by atoms with Crippen LogP contribution in [0.2, 0.25) is 5.02 Å². The van der Waals surface area contributed by atoms with E-state index in [1.54, 1.807) is 43.5 Å². The van der Waals surface area contributed by atoms with Gasteiger partial charge in [0.15, 0.2) is 11.5 Å². The summed E-state index contributed by atoms with van der Waals surface area (Å²) in [5, 5.41) is 3.57. The minimum atomic E-state index is -0.224. The molecule has 0 aliphatic carbocycles. The average molecular weight is 472 g/mol. The van der Waals surface area contributed by atoms with E-state index >= 15 is 0 Å². The van der Waals surface area contributed by atoms with Crippen molar-refractivity contribution >= 4 is 50.2 Å². The first-order valence-corrected chi connectivity index (χ1v) is 9.98. The zero-order valence-electron chi connectivity index (χ0n) is 15.4. The van der Waals surface area contributed by atoms with E-state index in [0.717, 1.165) is 5.56 Å². The number of carbonyl (C=O) groups is 1. The standard InChI is InChI=1S/C22H16BrClN2O3/c1-28-19-8-4-14(11-17(19)23)22(27)25-16-7-9-20-18(12-16)26-21(29-20)10-13-2-5-15(24)6-3-13/h2-9,11-12H,10H2,1H3,(H,25,27). The fraction of sp³-hybridized carbons (Fsp3) is 0.0909. The second kappa shape index (κ2) is 8.27. The molecule has 29 heavy (non-hydrogen) atoms. The number of amides is 1. The van der Waals surface area contributed by atoms with Crippen LogP contribution >= 0.6 is 27.5 Å². The molecular weight excluding hydrogens is 456 g/mol. The molecule has 4 aromatic rings. The number of benzene rings is 3. The van der Waals surface area contributed by atoms with Crippen LogP contribution in [-0.2, 0) is 6.42 Å². The van der Waals surface area contributed by atoms with E-state index in [1.165, 1.54) is 0 Å². The molecule has 0 unspecified atom stereocenters. The van der Waals surface area contributed by atoms with Gasteiger partial charge in [-0.15, -0.1) is 0 Å². The molecule has 1 N–H and O–H groups in total. The Labute approximate surface area is 180 Å². The molecule has 4 rings (SSSR count). The third kappa shape index (κ3) is 4.44. The number of anilines is 1. The molecule has 3 aromatic carbocycles. The third-order valence-electron chi connectivity index (χ3n) is 4.37. The van der Waals surface area contributed by atoms with Gasteiger partial charge in [0, 0.05) is 22.7 Å². The number of oxazole rings is 1. The summed E-state index contributed by atoms with van der Waals surface area (Å²) in [4.78, 5) is 17.1. The monoisotopic (exact) mass is 470 g/mol. The molecular formula is C22H16BrClN2O3. The summed E-state index contributed by atoms with van der Waals surface area (Å²) in [5.41, 5.74) is 3.56. The van der Waals surface area contributed by atoms with Gasteiger partial charge >= 0.3 is 0 Å². The van der Waals surface area contributed by atoms with E-state index < -0.39 is 0 Å². The van der Waals surface area contributed by atoms with Crippen molar-refractivity contribution in [3.8, 4) is 5.75 Å². The lowest BCUT2D eigenvalue weighted by molar-refractivity contribution is 0.102. The predicted molar refractivity (Wildman–Crippen MR) is 117 cm³/mol. The summed E-state index contributed by atoms with van der Waals surface area (Å²) in [6, 6.07) is 18.1. The summed E-state index contributed by atoms with van der Waals surface area (Å²) in [7, 11) is 1.58. The molecule has 0 saturated carbocycles. The van der Waals surface area contributed by atoms with Crippen LogP contribution < -0.4 is 10.1 Å². The molecule has 0 fully saturated rings. The third-order valence-corrected chi connectivity index (χ3v) is 5.24. The van der Waals surface area contributed by atoms with Crippen molar-refractivity contribution in [2.24, 2.45) is 0 Å². The Morgan fingerprint density at radius 1 is 1.14 bits per heavy atom. The number of hydrogen-bond donors (Lipinski definition) is 1. The Kier molecular flexibility index (Phi) is 5.56. The highest BCUT2D eigenvalue weighted by Gasteiger charge is 2.12. The van der Waals surface area contributed by atoms with Gasteiger partial charge in [0.25, 0.3) is 5.91 Å². The molecule has 0 aliphatic rings. The van der Waals surface area contributed by atoms with Crippen molar-refractivity contribution in [1.29, 1.82) is 0 Å². The topological polar surface area (TPSA) is 64.4 Å². The van der Waals surface area contributed by atoms with E-state index in [2.05, 4.69) is 26.2 Å². The lowest BCUT2D eigenvalue weighted by Gasteiger charge is -2.07. The van der Waals surface area contributed by atoms with E-state index in [4.69, 9.17) is 20.8 Å². The van der Waals surface area contributed by atoms with Gasteiger partial charge in [-0.1, -0.05) is 23.7 Å². The van der Waals surface area contributed by atoms with Crippen molar-refractivity contribution in [3.05, 3.63) is 87.2 Å². The highest BCUT2D eigenvalue weighted by atomic mass is 79.9. The van der Waals surface area contributed by atoms with E-state index in [-0.39, 0.29) is 5.91 Å². The first-order chi connectivity index (χ1) is 14.0. The Hall–Kier alpha value is -2.83. The predicted octanol–water partition coefficient (Wildman–Crippen LogP) is 6.10. The summed E-state index contributed by atoms with van der Waals surface area (Å²) in [5.74, 6) is 1.04. The van der Waals surface area contributed by atoms with Gasteiger partial charge in [-0.2, -0.15) is 0 Å². The quantitative estimate of drug-likeness (QED) is 0.382. The Bertz CT molecular complexity index is 1190. The SMILES string of the molecule is COc1ccc(C(=O)Nc2ccc3oc(Cc4ccc(Cl)cc4)nc3c2)cc1Br. The molecule has 0 bridgehead atoms. The highest BCUT2D eigenvalue weighted by Crippen LogP contribution is 2.26. The molecule has 1 amide bonds. The molecule has 7 heteroatoms. The van der Waals surface area contributed by atoms with Crippen LogP contribution in [0.25, 0.3) is 11.1 Å². The number of halogens is 2. The fourth-order valence-corrected chi connectivity index (χ4v) is 3.58. The molecule has 0 atom stereocenters. The number of fused-ring (bicyclic) bond motifs is 1. The maximum absolute atomic E-state index is 12.5. The molecule has 5 nitrogen and oxygen atoms in total. The normalized spacial score (nSPS) is 10.9. The van der Waals surface area contributed by atoms with Crippen LogP contribution in [0, 0.1) is 0 Å². The minimum absolute atomic E-state index is 0.224. The highest BCUT2D eigenvalue weighted by molar-refractivity contribution is 9.10. The lowest BCUT2D eigenvalue weighted by Crippen LogP contribution is -2.11. The van der Waals surface area contributed by atoms with Gasteiger partial charge in [-0.05, 0) is 70.0 Å². The van der Waals surface area contributed by atoms with Gasteiger partial charge in [0.05, 0.1) is 11.6 Å². The first kappa shape index (κ1) is 19.5. The van der Waals surface area contributed by atoms with Crippen LogP contribution in [0.15, 0.2) is 69.6 Å². The Balaban J connectivity index is 1.52. The number of ether oxygens (including phenoxy) is 1. The number of nitrogens with zero attached hydrogens (tertiary/aromatic N) is 1. The largest absolute Gasteiger partial charge is 0.496 e. The molecule has 0 spiro atoms. The van der Waals surface area contributed by atoms with Crippen LogP contribution in [0.4, 0.5) is 5.69 Å². The van der Waals surface area contributed by atoms with Crippen LogP contribution in [0.5, 0.6) is 5.75 Å². The average Bonchev–Trinajstić information content (AvgIpc) is 3.11. The van der Waals surface area contributed by atoms with Gasteiger partial charge in [-0.25, -0.2) is 4.98 Å². The number of aromatic nitrogens is 1. The van der Waals surface area contributed by atoms with Crippen molar-refractivity contribution in [3.63, 3.8) is 0 Å². The second-order valence-electron chi connectivity index (χ2n) is 6.40. The van der Waals surface area contributed by atoms with E-state index in [1.807, 2.05) is 24.3 Å². The van der Waals surface area contributed by atoms with Gasteiger partial charge < -0.3 is 14.5 Å². The summed E-state index contributed by atoms with van der Waals surface area (Å²) in [6.45, 7) is 0. The van der Waals surface area contributed by atoms with Crippen LogP contribution in [0.1, 0.15) is 21.8 Å². The van der Waals surface area contributed by atoms with E-state index in [9.17, 15) is 4.79 Å². The second-order valence-corrected chi connectivity index (χ2v) is 7.69. The van der Waals surface area contributed by atoms with Crippen LogP contribution in [0.3, 0.4) is 0 Å². The Morgan fingerprint density at radius 2 is 1.93 bits per heavy atom. The van der Waals surface area contributed by atoms with Gasteiger partial charge in [0.2, 0.25) is 0 Å². The van der Waals surface area contributed by atoms with Gasteiger partial charge in [0.1, 0.15) is 11.3 Å².